The summed E-state index contributed by atoms with van der Waals surface area (Å²) in [6.45, 7) is 0.994. The fraction of sp³-hybridized carbons (Fsp3) is 0.375. The highest BCUT2D eigenvalue weighted by Crippen LogP contribution is 2.07. The van der Waals surface area contributed by atoms with Gasteiger partial charge in [0.05, 0.1) is 19.2 Å². The molecule has 2 aliphatic rings. The Morgan fingerprint density at radius 2 is 1.56 bits per heavy atom. The van der Waals surface area contributed by atoms with Gasteiger partial charge >= 0.3 is 0 Å². The lowest BCUT2D eigenvalue weighted by Gasteiger charge is -2.23. The topological polar surface area (TPSA) is 142 Å². The van der Waals surface area contributed by atoms with Gasteiger partial charge in [-0.2, -0.15) is 0 Å². The van der Waals surface area contributed by atoms with Gasteiger partial charge < -0.3 is 10.6 Å². The van der Waals surface area contributed by atoms with Gasteiger partial charge in [0.15, 0.2) is 0 Å². The fourth-order valence-electron chi connectivity index (χ4n) is 2.42. The Balaban J connectivity index is 1.77. The fourth-order valence-corrected chi connectivity index (χ4v) is 2.42. The molecule has 2 aliphatic heterocycles. The largest absolute Gasteiger partial charge is 0.354 e. The minimum absolute atomic E-state index is 0.00577. The van der Waals surface area contributed by atoms with Crippen LogP contribution < -0.4 is 10.6 Å². The van der Waals surface area contributed by atoms with Crippen LogP contribution in [-0.2, 0) is 33.6 Å². The summed E-state index contributed by atoms with van der Waals surface area (Å²) in [5.74, 6) is -3.13. The Morgan fingerprint density at radius 3 is 2.11 bits per heavy atom. The van der Waals surface area contributed by atoms with Gasteiger partial charge in [-0.05, 0) is 0 Å². The maximum atomic E-state index is 12.0. The van der Waals surface area contributed by atoms with Crippen LogP contribution in [0.15, 0.2) is 24.3 Å². The second-order valence-electron chi connectivity index (χ2n) is 5.71. The first kappa shape index (κ1) is 20.0. The van der Waals surface area contributed by atoms with E-state index >= 15 is 0 Å². The van der Waals surface area contributed by atoms with Crippen LogP contribution in [0.3, 0.4) is 0 Å². The first-order chi connectivity index (χ1) is 12.8. The number of hydrogen-bond donors (Lipinski definition) is 2. The Morgan fingerprint density at radius 1 is 1.00 bits per heavy atom. The van der Waals surface area contributed by atoms with Crippen molar-refractivity contribution in [2.45, 2.75) is 19.4 Å². The van der Waals surface area contributed by atoms with E-state index in [-0.39, 0.29) is 26.1 Å². The molecular weight excluding hydrogens is 360 g/mol. The summed E-state index contributed by atoms with van der Waals surface area (Å²) in [5.41, 5.74) is 0. The Kier molecular flexibility index (Phi) is 6.55. The molecule has 144 valence electrons. The molecule has 1 atom stereocenters. The second kappa shape index (κ2) is 8.85. The van der Waals surface area contributed by atoms with E-state index in [2.05, 4.69) is 10.6 Å². The van der Waals surface area contributed by atoms with Crippen molar-refractivity contribution in [3.05, 3.63) is 24.3 Å². The van der Waals surface area contributed by atoms with Gasteiger partial charge in [-0.25, -0.2) is 0 Å². The van der Waals surface area contributed by atoms with Gasteiger partial charge in [-0.3, -0.25) is 38.5 Å². The molecule has 0 saturated heterocycles. The van der Waals surface area contributed by atoms with Crippen LogP contribution >= 0.6 is 0 Å². The van der Waals surface area contributed by atoms with E-state index in [1.807, 2.05) is 0 Å². The molecule has 11 heteroatoms. The van der Waals surface area contributed by atoms with E-state index < -0.39 is 41.5 Å². The molecule has 0 aromatic carbocycles. The molecule has 0 aromatic heterocycles. The molecule has 0 saturated carbocycles. The zero-order valence-corrected chi connectivity index (χ0v) is 14.5. The molecule has 11 nitrogen and oxygen atoms in total. The molecule has 0 bridgehead atoms. The summed E-state index contributed by atoms with van der Waals surface area (Å²) < 4.78 is 0. The minimum Gasteiger partial charge on any atom is -0.354 e. The van der Waals surface area contributed by atoms with Crippen molar-refractivity contribution < 1.29 is 33.6 Å². The van der Waals surface area contributed by atoms with Crippen LogP contribution in [-0.4, -0.2) is 71.1 Å². The third-order valence-electron chi connectivity index (χ3n) is 3.56. The van der Waals surface area contributed by atoms with E-state index in [0.29, 0.717) is 5.06 Å². The normalized spacial score (nSPS) is 17.1. The number of hydrogen-bond acceptors (Lipinski definition) is 7. The monoisotopic (exact) mass is 378 g/mol. The smallest absolute Gasteiger partial charge is 0.277 e. The van der Waals surface area contributed by atoms with Gasteiger partial charge in [0.2, 0.25) is 11.8 Å². The third kappa shape index (κ3) is 5.57. The number of amides is 6. The van der Waals surface area contributed by atoms with Gasteiger partial charge in [0.1, 0.15) is 0 Å². The number of carbonyl (C=O) groups is 6. The molecular formula is C16H18N4O7. The second-order valence-corrected chi connectivity index (χ2v) is 5.71. The van der Waals surface area contributed by atoms with E-state index in [9.17, 15) is 28.8 Å². The van der Waals surface area contributed by atoms with E-state index in [1.165, 1.54) is 6.92 Å². The predicted molar refractivity (Wildman–Crippen MR) is 88.0 cm³/mol. The van der Waals surface area contributed by atoms with Crippen molar-refractivity contribution in [2.75, 3.05) is 19.7 Å². The lowest BCUT2D eigenvalue weighted by Crippen LogP contribution is -2.47. The van der Waals surface area contributed by atoms with Crippen molar-refractivity contribution in [3.8, 4) is 0 Å². The Labute approximate surface area is 153 Å². The number of nitrogens with zero attached hydrogens (tertiary/aromatic N) is 2. The number of rotatable bonds is 9. The maximum Gasteiger partial charge on any atom is 0.277 e. The summed E-state index contributed by atoms with van der Waals surface area (Å²) in [7, 11) is 0. The average molecular weight is 378 g/mol. The molecule has 2 heterocycles. The highest BCUT2D eigenvalue weighted by Gasteiger charge is 2.28. The van der Waals surface area contributed by atoms with Gasteiger partial charge in [0, 0.05) is 44.2 Å². The highest BCUT2D eigenvalue weighted by molar-refractivity contribution is 6.13. The molecule has 2 rings (SSSR count). The van der Waals surface area contributed by atoms with Crippen LogP contribution in [0.5, 0.6) is 0 Å². The van der Waals surface area contributed by atoms with E-state index in [0.717, 1.165) is 29.2 Å². The lowest BCUT2D eigenvalue weighted by molar-refractivity contribution is -0.185. The molecule has 0 radical (unpaired) electrons. The van der Waals surface area contributed by atoms with Crippen LogP contribution in [0.1, 0.15) is 13.3 Å². The zero-order valence-electron chi connectivity index (χ0n) is 14.5. The number of imide groups is 2. The number of nitrogens with one attached hydrogen (secondary N) is 2. The molecule has 0 fully saturated rings. The van der Waals surface area contributed by atoms with Crippen molar-refractivity contribution in [3.63, 3.8) is 0 Å². The SMILES string of the molecule is CC(=O)NC(CC(=O)NCCON1C(=O)C=CC1=O)CN1C(=O)C=CC1=O. The quantitative estimate of drug-likeness (QED) is 0.342. The van der Waals surface area contributed by atoms with Crippen molar-refractivity contribution in [1.29, 1.82) is 0 Å². The maximum absolute atomic E-state index is 12.0. The summed E-state index contributed by atoms with van der Waals surface area (Å²) in [6, 6.07) is -0.762. The van der Waals surface area contributed by atoms with Crippen LogP contribution in [0.25, 0.3) is 0 Å². The van der Waals surface area contributed by atoms with Gasteiger partial charge in [0.25, 0.3) is 23.6 Å². The Bertz CT molecular complexity index is 707. The Hall–Kier alpha value is -3.34. The number of hydroxylamine groups is 2. The molecule has 0 aliphatic carbocycles. The zero-order chi connectivity index (χ0) is 20.0. The molecule has 1 unspecified atom stereocenters. The summed E-state index contributed by atoms with van der Waals surface area (Å²) in [4.78, 5) is 75.0. The third-order valence-corrected chi connectivity index (χ3v) is 3.56. The number of carbonyl (C=O) groups excluding carboxylic acids is 6. The molecule has 27 heavy (non-hydrogen) atoms. The van der Waals surface area contributed by atoms with Crippen LogP contribution in [0, 0.1) is 0 Å². The minimum atomic E-state index is -0.762. The van der Waals surface area contributed by atoms with Crippen molar-refractivity contribution in [1.82, 2.24) is 20.6 Å². The van der Waals surface area contributed by atoms with E-state index in [4.69, 9.17) is 4.84 Å². The lowest BCUT2D eigenvalue weighted by atomic mass is 10.1. The first-order valence-electron chi connectivity index (χ1n) is 8.04. The molecule has 0 aromatic rings. The molecule has 0 spiro atoms. The standard InChI is InChI=1S/C16H18N4O7/c1-10(21)18-11(9-19-13(23)2-3-14(19)24)8-12(22)17-6-7-27-20-15(25)4-5-16(20)26/h2-5,11H,6-9H2,1H3,(H,17,22)(H,18,21). The van der Waals surface area contributed by atoms with Crippen molar-refractivity contribution >= 4 is 35.4 Å². The van der Waals surface area contributed by atoms with Crippen LogP contribution in [0.2, 0.25) is 0 Å². The molecule has 6 amide bonds. The summed E-state index contributed by atoms with van der Waals surface area (Å²) in [6.07, 6.45) is 4.17. The first-order valence-corrected chi connectivity index (χ1v) is 8.04. The van der Waals surface area contributed by atoms with Crippen LogP contribution in [0.4, 0.5) is 0 Å². The molecule has 2 N–H and O–H groups in total. The summed E-state index contributed by atoms with van der Waals surface area (Å²) in [5, 5.41) is 5.59. The highest BCUT2D eigenvalue weighted by atomic mass is 16.7. The van der Waals surface area contributed by atoms with Crippen molar-refractivity contribution in [2.24, 2.45) is 0 Å². The average Bonchev–Trinajstić information content (AvgIpc) is 3.07. The van der Waals surface area contributed by atoms with Gasteiger partial charge in [-0.1, -0.05) is 0 Å². The summed E-state index contributed by atoms with van der Waals surface area (Å²) >= 11 is 0. The predicted octanol–water partition coefficient (Wildman–Crippen LogP) is -2.22. The van der Waals surface area contributed by atoms with E-state index in [1.54, 1.807) is 0 Å². The van der Waals surface area contributed by atoms with Gasteiger partial charge in [-0.15, -0.1) is 5.06 Å².